The first-order chi connectivity index (χ1) is 10.6. The maximum absolute atomic E-state index is 9.21. The Kier molecular flexibility index (Phi) is 3.33. The molecule has 0 aromatic rings. The van der Waals surface area contributed by atoms with E-state index in [1.165, 1.54) is 63.2 Å². The van der Waals surface area contributed by atoms with Crippen LogP contribution >= 0.6 is 0 Å². The number of hydrogen-bond acceptors (Lipinski definition) is 1. The standard InChI is InChI=1S/C21H30O/c1-20-12-4-3-5-15(20)6-8-17-18-9-7-16(11-14-22)21(18,2)13-10-19(17)20/h7,9,11,14-15,17,19,22H,3-6,8,10,12-13H2,1-2H3/t15?,17-,19-,20-,21+/m0/s1. The minimum absolute atomic E-state index is 0.193. The fourth-order valence-electron chi connectivity index (χ4n) is 6.64. The Bertz CT molecular complexity index is 554. The van der Waals surface area contributed by atoms with Crippen molar-refractivity contribution in [3.8, 4) is 0 Å². The van der Waals surface area contributed by atoms with Gasteiger partial charge in [-0.3, -0.25) is 0 Å². The van der Waals surface area contributed by atoms with Crippen LogP contribution < -0.4 is 0 Å². The van der Waals surface area contributed by atoms with Gasteiger partial charge in [-0.05, 0) is 73.3 Å². The molecule has 120 valence electrons. The molecular weight excluding hydrogens is 268 g/mol. The molecule has 1 nitrogen and oxygen atoms in total. The summed E-state index contributed by atoms with van der Waals surface area (Å²) < 4.78 is 0. The number of rotatable bonds is 1. The number of aliphatic hydroxyl groups is 1. The normalized spacial score (nSPS) is 47.5. The van der Waals surface area contributed by atoms with E-state index in [2.05, 4.69) is 26.0 Å². The van der Waals surface area contributed by atoms with Crippen molar-refractivity contribution in [1.82, 2.24) is 0 Å². The van der Waals surface area contributed by atoms with Crippen LogP contribution in [-0.2, 0) is 0 Å². The SMILES string of the molecule is C[C@]12CC[C@H]3[C@@H](CCC4CCCC[C@@]43C)C1=CC=C2C=CO. The molecule has 3 saturated carbocycles. The minimum atomic E-state index is 0.193. The summed E-state index contributed by atoms with van der Waals surface area (Å²) in [5, 5.41) is 9.21. The van der Waals surface area contributed by atoms with Gasteiger partial charge in [0.05, 0.1) is 6.26 Å². The van der Waals surface area contributed by atoms with Crippen LogP contribution in [0.15, 0.2) is 35.6 Å². The summed E-state index contributed by atoms with van der Waals surface area (Å²) in [5.41, 5.74) is 3.79. The zero-order valence-corrected chi connectivity index (χ0v) is 14.1. The van der Waals surface area contributed by atoms with E-state index in [0.717, 1.165) is 17.8 Å². The zero-order chi connectivity index (χ0) is 15.4. The third-order valence-corrected chi connectivity index (χ3v) is 7.94. The number of fused-ring (bicyclic) bond motifs is 5. The molecule has 0 aromatic carbocycles. The maximum Gasteiger partial charge on any atom is 0.0794 e. The van der Waals surface area contributed by atoms with Gasteiger partial charge < -0.3 is 5.11 Å². The molecule has 22 heavy (non-hydrogen) atoms. The smallest absolute Gasteiger partial charge is 0.0794 e. The molecule has 0 bridgehead atoms. The first-order valence-corrected chi connectivity index (χ1v) is 9.33. The van der Waals surface area contributed by atoms with E-state index in [4.69, 9.17) is 0 Å². The lowest BCUT2D eigenvalue weighted by molar-refractivity contribution is -0.0477. The van der Waals surface area contributed by atoms with Crippen molar-refractivity contribution in [3.63, 3.8) is 0 Å². The van der Waals surface area contributed by atoms with E-state index in [0.29, 0.717) is 5.41 Å². The Morgan fingerprint density at radius 2 is 1.91 bits per heavy atom. The van der Waals surface area contributed by atoms with Crippen LogP contribution in [0.2, 0.25) is 0 Å². The van der Waals surface area contributed by atoms with E-state index in [1.54, 1.807) is 5.57 Å². The highest BCUT2D eigenvalue weighted by Crippen LogP contribution is 2.65. The van der Waals surface area contributed by atoms with Gasteiger partial charge in [-0.1, -0.05) is 44.4 Å². The molecule has 5 atom stereocenters. The number of aliphatic hydroxyl groups excluding tert-OH is 1. The monoisotopic (exact) mass is 298 g/mol. The lowest BCUT2D eigenvalue weighted by atomic mass is 9.46. The van der Waals surface area contributed by atoms with Gasteiger partial charge >= 0.3 is 0 Å². The third-order valence-electron chi connectivity index (χ3n) is 7.94. The van der Waals surface area contributed by atoms with Crippen molar-refractivity contribution < 1.29 is 5.11 Å². The van der Waals surface area contributed by atoms with Gasteiger partial charge in [0.25, 0.3) is 0 Å². The second kappa shape index (κ2) is 5.01. The van der Waals surface area contributed by atoms with Gasteiger partial charge in [0.15, 0.2) is 0 Å². The molecule has 4 aliphatic carbocycles. The molecule has 3 fully saturated rings. The summed E-state index contributed by atoms with van der Waals surface area (Å²) in [6.45, 7) is 5.02. The van der Waals surface area contributed by atoms with Crippen molar-refractivity contribution >= 4 is 0 Å². The quantitative estimate of drug-likeness (QED) is 0.593. The topological polar surface area (TPSA) is 20.2 Å². The van der Waals surface area contributed by atoms with Crippen LogP contribution in [0.1, 0.15) is 65.2 Å². The molecule has 1 N–H and O–H groups in total. The Balaban J connectivity index is 1.66. The molecule has 1 heteroatoms. The van der Waals surface area contributed by atoms with Crippen molar-refractivity contribution in [2.45, 2.75) is 65.2 Å². The summed E-state index contributed by atoms with van der Waals surface area (Å²) in [6.07, 6.45) is 19.1. The highest BCUT2D eigenvalue weighted by Gasteiger charge is 2.55. The molecule has 4 aliphatic rings. The molecule has 0 heterocycles. The predicted octanol–water partition coefficient (Wildman–Crippen LogP) is 5.95. The van der Waals surface area contributed by atoms with Gasteiger partial charge in [-0.2, -0.15) is 0 Å². The Morgan fingerprint density at radius 3 is 2.73 bits per heavy atom. The minimum Gasteiger partial charge on any atom is -0.516 e. The Morgan fingerprint density at radius 1 is 1.05 bits per heavy atom. The summed E-state index contributed by atoms with van der Waals surface area (Å²) in [4.78, 5) is 0. The van der Waals surface area contributed by atoms with Gasteiger partial charge in [-0.15, -0.1) is 0 Å². The van der Waals surface area contributed by atoms with Crippen molar-refractivity contribution in [2.75, 3.05) is 0 Å². The second-order valence-electron chi connectivity index (χ2n) is 8.67. The molecule has 0 saturated heterocycles. The number of hydrogen-bond donors (Lipinski definition) is 1. The Hall–Kier alpha value is -0.980. The molecule has 0 spiro atoms. The lowest BCUT2D eigenvalue weighted by Gasteiger charge is -2.58. The summed E-state index contributed by atoms with van der Waals surface area (Å²) >= 11 is 0. The van der Waals surface area contributed by atoms with E-state index in [1.807, 2.05) is 6.08 Å². The van der Waals surface area contributed by atoms with Crippen molar-refractivity contribution in [1.29, 1.82) is 0 Å². The van der Waals surface area contributed by atoms with Gasteiger partial charge in [0.1, 0.15) is 0 Å². The lowest BCUT2D eigenvalue weighted by Crippen LogP contribution is -2.49. The number of allylic oxidation sites excluding steroid dienone is 5. The predicted molar refractivity (Wildman–Crippen MR) is 91.6 cm³/mol. The van der Waals surface area contributed by atoms with Crippen LogP contribution in [0.5, 0.6) is 0 Å². The van der Waals surface area contributed by atoms with Crippen LogP contribution in [0.25, 0.3) is 0 Å². The second-order valence-corrected chi connectivity index (χ2v) is 8.67. The summed E-state index contributed by atoms with van der Waals surface area (Å²) in [6, 6.07) is 0. The molecular formula is C21H30O. The first kappa shape index (κ1) is 14.6. The molecule has 0 amide bonds. The van der Waals surface area contributed by atoms with Crippen molar-refractivity contribution in [2.24, 2.45) is 28.6 Å². The van der Waals surface area contributed by atoms with E-state index in [9.17, 15) is 5.11 Å². The van der Waals surface area contributed by atoms with Crippen LogP contribution in [0.4, 0.5) is 0 Å². The van der Waals surface area contributed by atoms with E-state index in [-0.39, 0.29) is 5.41 Å². The van der Waals surface area contributed by atoms with Crippen LogP contribution in [0.3, 0.4) is 0 Å². The molecule has 4 rings (SSSR count). The van der Waals surface area contributed by atoms with Gasteiger partial charge in [-0.25, -0.2) is 0 Å². The van der Waals surface area contributed by atoms with E-state index < -0.39 is 0 Å². The summed E-state index contributed by atoms with van der Waals surface area (Å²) in [5.74, 6) is 2.68. The van der Waals surface area contributed by atoms with Crippen LogP contribution in [0, 0.1) is 28.6 Å². The van der Waals surface area contributed by atoms with E-state index >= 15 is 0 Å². The molecule has 0 radical (unpaired) electrons. The van der Waals surface area contributed by atoms with Crippen LogP contribution in [-0.4, -0.2) is 5.11 Å². The summed E-state index contributed by atoms with van der Waals surface area (Å²) in [7, 11) is 0. The average Bonchev–Trinajstić information content (AvgIpc) is 2.84. The fourth-order valence-corrected chi connectivity index (χ4v) is 6.64. The molecule has 1 unspecified atom stereocenters. The highest BCUT2D eigenvalue weighted by molar-refractivity contribution is 5.48. The fraction of sp³-hybridized carbons (Fsp3) is 0.714. The van der Waals surface area contributed by atoms with Gasteiger partial charge in [0.2, 0.25) is 0 Å². The highest BCUT2D eigenvalue weighted by atomic mass is 16.2. The largest absolute Gasteiger partial charge is 0.516 e. The zero-order valence-electron chi connectivity index (χ0n) is 14.1. The van der Waals surface area contributed by atoms with Crippen molar-refractivity contribution in [3.05, 3.63) is 35.6 Å². The Labute approximate surface area is 135 Å². The van der Waals surface area contributed by atoms with Gasteiger partial charge in [0, 0.05) is 5.41 Å². The maximum atomic E-state index is 9.21. The average molecular weight is 298 g/mol. The first-order valence-electron chi connectivity index (χ1n) is 9.33. The molecule has 0 aromatic heterocycles. The molecule has 0 aliphatic heterocycles. The third kappa shape index (κ3) is 1.83.